The summed E-state index contributed by atoms with van der Waals surface area (Å²) in [5.41, 5.74) is 2.83. The molecule has 0 radical (unpaired) electrons. The second-order valence-electron chi connectivity index (χ2n) is 10.3. The van der Waals surface area contributed by atoms with E-state index in [2.05, 4.69) is 58.9 Å². The molecule has 176 valence electrons. The molecule has 1 aromatic carbocycles. The molecule has 1 rings (SSSR count). The van der Waals surface area contributed by atoms with Gasteiger partial charge < -0.3 is 20.0 Å². The molecule has 2 amide bonds. The van der Waals surface area contributed by atoms with Crippen molar-refractivity contribution in [1.29, 1.82) is 0 Å². The SMILES string of the molecule is CCC(CC)C(=O)N(CC[NH+](C)C)Cc1cc(NC(=O)CC(C)(C)C)ccc1N(C)C. The van der Waals surface area contributed by atoms with Crippen LogP contribution in [-0.4, -0.2) is 58.0 Å². The highest BCUT2D eigenvalue weighted by atomic mass is 16.2. The van der Waals surface area contributed by atoms with E-state index in [1.807, 2.05) is 37.2 Å². The van der Waals surface area contributed by atoms with Crippen LogP contribution in [0, 0.1) is 11.3 Å². The Morgan fingerprint density at radius 2 is 1.71 bits per heavy atom. The number of amides is 2. The first-order chi connectivity index (χ1) is 14.4. The first-order valence-corrected chi connectivity index (χ1v) is 11.6. The number of nitrogens with one attached hydrogen (secondary N) is 2. The summed E-state index contributed by atoms with van der Waals surface area (Å²) in [5, 5.41) is 3.04. The third-order valence-corrected chi connectivity index (χ3v) is 5.43. The number of carbonyl (C=O) groups excluding carboxylic acids is 2. The second-order valence-corrected chi connectivity index (χ2v) is 10.3. The summed E-state index contributed by atoms with van der Waals surface area (Å²) < 4.78 is 0. The third-order valence-electron chi connectivity index (χ3n) is 5.43. The number of likely N-dealkylation sites (N-methyl/N-ethyl adjacent to an activating group) is 1. The van der Waals surface area contributed by atoms with E-state index < -0.39 is 0 Å². The Labute approximate surface area is 190 Å². The zero-order chi connectivity index (χ0) is 23.8. The van der Waals surface area contributed by atoms with E-state index in [9.17, 15) is 9.59 Å². The van der Waals surface area contributed by atoms with Gasteiger partial charge >= 0.3 is 0 Å². The van der Waals surface area contributed by atoms with E-state index in [0.717, 1.165) is 36.3 Å². The van der Waals surface area contributed by atoms with Crippen LogP contribution >= 0.6 is 0 Å². The minimum atomic E-state index is -0.0659. The van der Waals surface area contributed by atoms with Crippen molar-refractivity contribution < 1.29 is 14.5 Å². The summed E-state index contributed by atoms with van der Waals surface area (Å²) in [6.07, 6.45) is 2.16. The average molecular weight is 434 g/mol. The minimum Gasteiger partial charge on any atom is -0.377 e. The molecule has 6 heteroatoms. The number of hydrogen-bond donors (Lipinski definition) is 2. The zero-order valence-electron chi connectivity index (χ0n) is 21.3. The van der Waals surface area contributed by atoms with Gasteiger partial charge in [-0.05, 0) is 42.0 Å². The van der Waals surface area contributed by atoms with Gasteiger partial charge in [-0.2, -0.15) is 0 Å². The Bertz CT molecular complexity index is 719. The molecule has 0 atom stereocenters. The highest BCUT2D eigenvalue weighted by Gasteiger charge is 2.24. The molecule has 0 saturated carbocycles. The van der Waals surface area contributed by atoms with Gasteiger partial charge in [-0.3, -0.25) is 9.59 Å². The van der Waals surface area contributed by atoms with E-state index in [0.29, 0.717) is 19.5 Å². The van der Waals surface area contributed by atoms with Crippen molar-refractivity contribution in [3.63, 3.8) is 0 Å². The van der Waals surface area contributed by atoms with E-state index >= 15 is 0 Å². The number of hydrogen-bond acceptors (Lipinski definition) is 3. The molecule has 0 spiro atoms. The van der Waals surface area contributed by atoms with Gasteiger partial charge in [-0.25, -0.2) is 0 Å². The summed E-state index contributed by atoms with van der Waals surface area (Å²) in [5.74, 6) is 0.282. The standard InChI is InChI=1S/C25H44N4O2/c1-10-19(11-2)24(31)29(15-14-27(6)7)18-20-16-21(12-13-22(20)28(8)9)26-23(30)17-25(3,4)5/h12-13,16,19H,10-11,14-15,17-18H2,1-9H3,(H,26,30)/p+1. The predicted molar refractivity (Wildman–Crippen MR) is 131 cm³/mol. The fourth-order valence-corrected chi connectivity index (χ4v) is 3.64. The molecular weight excluding hydrogens is 388 g/mol. The van der Waals surface area contributed by atoms with Gasteiger partial charge in [0.2, 0.25) is 11.8 Å². The summed E-state index contributed by atoms with van der Waals surface area (Å²) in [6.45, 7) is 12.5. The van der Waals surface area contributed by atoms with Crippen molar-refractivity contribution in [1.82, 2.24) is 4.90 Å². The van der Waals surface area contributed by atoms with Gasteiger partial charge in [0.05, 0.1) is 27.2 Å². The topological polar surface area (TPSA) is 57.1 Å². The maximum atomic E-state index is 13.3. The molecule has 0 unspecified atom stereocenters. The highest BCUT2D eigenvalue weighted by Crippen LogP contribution is 2.26. The van der Waals surface area contributed by atoms with Gasteiger partial charge in [0.15, 0.2) is 0 Å². The van der Waals surface area contributed by atoms with Crippen LogP contribution in [0.2, 0.25) is 0 Å². The monoisotopic (exact) mass is 433 g/mol. The summed E-state index contributed by atoms with van der Waals surface area (Å²) in [6, 6.07) is 5.99. The lowest BCUT2D eigenvalue weighted by Crippen LogP contribution is -3.06. The van der Waals surface area contributed by atoms with Crippen molar-refractivity contribution in [3.8, 4) is 0 Å². The maximum absolute atomic E-state index is 13.3. The quantitative estimate of drug-likeness (QED) is 0.564. The molecule has 0 fully saturated rings. The van der Waals surface area contributed by atoms with Crippen LogP contribution in [-0.2, 0) is 16.1 Å². The molecule has 0 saturated heterocycles. The van der Waals surface area contributed by atoms with Gasteiger partial charge in [0.1, 0.15) is 0 Å². The molecule has 31 heavy (non-hydrogen) atoms. The molecule has 0 aromatic heterocycles. The van der Waals surface area contributed by atoms with Crippen LogP contribution in [0.4, 0.5) is 11.4 Å². The smallest absolute Gasteiger partial charge is 0.226 e. The van der Waals surface area contributed by atoms with Crippen molar-refractivity contribution in [3.05, 3.63) is 23.8 Å². The molecule has 0 aliphatic carbocycles. The number of carbonyl (C=O) groups is 2. The fourth-order valence-electron chi connectivity index (χ4n) is 3.64. The number of rotatable bonds is 11. The van der Waals surface area contributed by atoms with Crippen LogP contribution in [0.3, 0.4) is 0 Å². The molecule has 0 heterocycles. The lowest BCUT2D eigenvalue weighted by Gasteiger charge is -2.29. The Kier molecular flexibility index (Phi) is 10.5. The van der Waals surface area contributed by atoms with Gasteiger partial charge in [-0.15, -0.1) is 0 Å². The molecule has 1 aromatic rings. The largest absolute Gasteiger partial charge is 0.377 e. The Morgan fingerprint density at radius 3 is 2.19 bits per heavy atom. The summed E-state index contributed by atoms with van der Waals surface area (Å²) >= 11 is 0. The highest BCUT2D eigenvalue weighted by molar-refractivity contribution is 5.91. The average Bonchev–Trinajstić information content (AvgIpc) is 2.64. The lowest BCUT2D eigenvalue weighted by molar-refractivity contribution is -0.857. The Hall–Kier alpha value is -2.08. The van der Waals surface area contributed by atoms with E-state index in [1.54, 1.807) is 0 Å². The molecule has 0 aliphatic heterocycles. The van der Waals surface area contributed by atoms with Crippen LogP contribution in [0.5, 0.6) is 0 Å². The molecule has 0 aliphatic rings. The van der Waals surface area contributed by atoms with Crippen LogP contribution in [0.15, 0.2) is 18.2 Å². The molecular formula is C25H45N4O2+. The van der Waals surface area contributed by atoms with Crippen molar-refractivity contribution in [2.45, 2.75) is 60.4 Å². The van der Waals surface area contributed by atoms with Crippen molar-refractivity contribution in [2.24, 2.45) is 11.3 Å². The predicted octanol–water partition coefficient (Wildman–Crippen LogP) is 3.04. The summed E-state index contributed by atoms with van der Waals surface area (Å²) in [7, 11) is 8.23. The van der Waals surface area contributed by atoms with Crippen molar-refractivity contribution in [2.75, 3.05) is 51.5 Å². The van der Waals surface area contributed by atoms with E-state index in [1.165, 1.54) is 4.90 Å². The summed E-state index contributed by atoms with van der Waals surface area (Å²) in [4.78, 5) is 31.1. The van der Waals surface area contributed by atoms with E-state index in [4.69, 9.17) is 0 Å². The first kappa shape index (κ1) is 27.0. The minimum absolute atomic E-state index is 0.0113. The van der Waals surface area contributed by atoms with E-state index in [-0.39, 0.29) is 23.1 Å². The first-order valence-electron chi connectivity index (χ1n) is 11.6. The number of quaternary nitrogens is 1. The fraction of sp³-hybridized carbons (Fsp3) is 0.680. The maximum Gasteiger partial charge on any atom is 0.226 e. The van der Waals surface area contributed by atoms with Gasteiger partial charge in [-0.1, -0.05) is 34.6 Å². The third kappa shape index (κ3) is 9.30. The Balaban J connectivity index is 3.20. The van der Waals surface area contributed by atoms with Crippen LogP contribution in [0.25, 0.3) is 0 Å². The van der Waals surface area contributed by atoms with Gasteiger partial charge in [0.25, 0.3) is 0 Å². The van der Waals surface area contributed by atoms with Crippen molar-refractivity contribution >= 4 is 23.2 Å². The number of anilines is 2. The molecule has 0 bridgehead atoms. The lowest BCUT2D eigenvalue weighted by atomic mass is 9.92. The van der Waals surface area contributed by atoms with Gasteiger partial charge in [0, 0.05) is 44.4 Å². The van der Waals surface area contributed by atoms with Crippen LogP contribution in [0.1, 0.15) is 59.4 Å². The number of benzene rings is 1. The Morgan fingerprint density at radius 1 is 1.10 bits per heavy atom. The normalized spacial score (nSPS) is 11.7. The molecule has 2 N–H and O–H groups in total. The molecule has 6 nitrogen and oxygen atoms in total. The van der Waals surface area contributed by atoms with Crippen LogP contribution < -0.4 is 15.1 Å². The number of nitrogens with zero attached hydrogens (tertiary/aromatic N) is 2. The second kappa shape index (κ2) is 12.1. The zero-order valence-corrected chi connectivity index (χ0v) is 21.3.